The van der Waals surface area contributed by atoms with Crippen LogP contribution < -0.4 is 4.85 Å². The molecule has 0 radical (unpaired) electrons. The highest BCUT2D eigenvalue weighted by Crippen LogP contribution is 2.08. The van der Waals surface area contributed by atoms with Crippen molar-refractivity contribution in [2.24, 2.45) is 0 Å². The third-order valence-electron chi connectivity index (χ3n) is 2.24. The van der Waals surface area contributed by atoms with Gasteiger partial charge in [-0.25, -0.2) is 4.79 Å². The van der Waals surface area contributed by atoms with Crippen molar-refractivity contribution in [2.75, 3.05) is 0 Å². The van der Waals surface area contributed by atoms with Crippen molar-refractivity contribution in [3.8, 4) is 0 Å². The number of allylic oxidation sites excluding steroid dienone is 4. The third-order valence-corrected chi connectivity index (χ3v) is 2.24. The first-order chi connectivity index (χ1) is 8.24. The van der Waals surface area contributed by atoms with Crippen molar-refractivity contribution in [1.82, 2.24) is 9.90 Å². The average Bonchev–Trinajstić information content (AvgIpc) is 2.68. The maximum Gasteiger partial charge on any atom is 0.359 e. The lowest BCUT2D eigenvalue weighted by Gasteiger charge is -1.89. The van der Waals surface area contributed by atoms with Crippen LogP contribution in [0.1, 0.15) is 11.7 Å². The Kier molecular flexibility index (Phi) is 3.00. The van der Waals surface area contributed by atoms with Crippen LogP contribution >= 0.6 is 0 Å². The van der Waals surface area contributed by atoms with Gasteiger partial charge in [0.15, 0.2) is 0 Å². The summed E-state index contributed by atoms with van der Waals surface area (Å²) in [7, 11) is 0. The Bertz CT molecular complexity index is 611. The number of para-hydroxylation sites is 2. The van der Waals surface area contributed by atoms with Crippen LogP contribution in [0.5, 0.6) is 0 Å². The second-order valence-electron chi connectivity index (χ2n) is 3.39. The van der Waals surface area contributed by atoms with Gasteiger partial charge in [-0.05, 0) is 19.1 Å². The molecule has 0 atom stereocenters. The Balaban J connectivity index is 2.45. The summed E-state index contributed by atoms with van der Waals surface area (Å²) in [6.07, 6.45) is 6.50. The molecule has 5 nitrogen and oxygen atoms in total. The largest absolute Gasteiger partial charge is 0.691 e. The molecule has 5 heteroatoms. The minimum atomic E-state index is -0.353. The molecule has 0 aliphatic carbocycles. The van der Waals surface area contributed by atoms with Gasteiger partial charge in [0, 0.05) is 6.08 Å². The van der Waals surface area contributed by atoms with Gasteiger partial charge < -0.3 is 5.21 Å². The molecule has 0 fully saturated rings. The van der Waals surface area contributed by atoms with Crippen molar-refractivity contribution in [2.45, 2.75) is 6.92 Å². The molecule has 0 bridgehead atoms. The molecule has 0 aliphatic rings. The minimum absolute atomic E-state index is 0.353. The van der Waals surface area contributed by atoms with E-state index < -0.39 is 0 Å². The summed E-state index contributed by atoms with van der Waals surface area (Å²) in [5.74, 6) is -0.353. The quantitative estimate of drug-likeness (QED) is 0.339. The van der Waals surface area contributed by atoms with E-state index in [1.54, 1.807) is 42.5 Å². The first kappa shape index (κ1) is 11.1. The molecule has 1 aromatic heterocycles. The zero-order valence-corrected chi connectivity index (χ0v) is 9.28. The van der Waals surface area contributed by atoms with Crippen LogP contribution in [-0.2, 0) is 0 Å². The smallest absolute Gasteiger partial charge is 0.359 e. The van der Waals surface area contributed by atoms with Gasteiger partial charge in [0.05, 0.1) is 0 Å². The predicted octanol–water partition coefficient (Wildman–Crippen LogP) is 1.44. The van der Waals surface area contributed by atoms with E-state index in [1.165, 1.54) is 6.08 Å². The Morgan fingerprint density at radius 2 is 2.18 bits per heavy atom. The van der Waals surface area contributed by atoms with Crippen LogP contribution in [0.15, 0.2) is 48.6 Å². The van der Waals surface area contributed by atoms with Gasteiger partial charge in [-0.1, -0.05) is 35.0 Å². The summed E-state index contributed by atoms with van der Waals surface area (Å²) in [6.45, 7) is 1.85. The van der Waals surface area contributed by atoms with E-state index in [4.69, 9.17) is 0 Å². The number of carbonyl (C=O) groups excluding carboxylic acids is 1. The minimum Gasteiger partial charge on any atom is -0.691 e. The van der Waals surface area contributed by atoms with E-state index in [0.717, 1.165) is 4.68 Å². The van der Waals surface area contributed by atoms with Crippen molar-refractivity contribution >= 4 is 16.9 Å². The molecule has 2 rings (SSSR count). The number of nitrogens with zero attached hydrogens (tertiary/aromatic N) is 3. The highest BCUT2D eigenvalue weighted by Gasteiger charge is 2.18. The molecule has 0 spiro atoms. The summed E-state index contributed by atoms with van der Waals surface area (Å²) in [5.41, 5.74) is 0.873. The lowest BCUT2D eigenvalue weighted by molar-refractivity contribution is -0.645. The number of carbonyl (C=O) groups is 1. The Labute approximate surface area is 97.8 Å². The number of aromatic nitrogens is 3. The number of rotatable bonds is 2. The molecule has 0 N–H and O–H groups in total. The third kappa shape index (κ3) is 2.08. The summed E-state index contributed by atoms with van der Waals surface area (Å²) in [6, 6.07) is 6.78. The standard InChI is InChI=1S/C12H11N3O2/c1-2-3-4-9-12(16)14-10-7-5-6-8-11(10)15(17)13-14/h2-9H,1H3/b3-2+,9-4+. The van der Waals surface area contributed by atoms with E-state index >= 15 is 0 Å². The molecule has 0 aliphatic heterocycles. The van der Waals surface area contributed by atoms with E-state index in [1.807, 2.05) is 6.92 Å². The van der Waals surface area contributed by atoms with E-state index in [2.05, 4.69) is 5.21 Å². The molecule has 1 heterocycles. The number of hydrogen-bond acceptors (Lipinski definition) is 3. The average molecular weight is 229 g/mol. The normalized spacial score (nSPS) is 11.8. The first-order valence-corrected chi connectivity index (χ1v) is 5.15. The Morgan fingerprint density at radius 1 is 1.41 bits per heavy atom. The second kappa shape index (κ2) is 4.61. The molecule has 2 aromatic rings. The molecular formula is C12H11N3O2. The van der Waals surface area contributed by atoms with Gasteiger partial charge >= 0.3 is 5.91 Å². The molecule has 0 saturated carbocycles. The fourth-order valence-corrected chi connectivity index (χ4v) is 1.46. The van der Waals surface area contributed by atoms with Gasteiger partial charge in [-0.3, -0.25) is 0 Å². The van der Waals surface area contributed by atoms with Gasteiger partial charge in [0.1, 0.15) is 5.21 Å². The number of benzene rings is 1. The van der Waals surface area contributed by atoms with Crippen molar-refractivity contribution in [1.29, 1.82) is 0 Å². The van der Waals surface area contributed by atoms with E-state index in [9.17, 15) is 10.0 Å². The Morgan fingerprint density at radius 3 is 2.94 bits per heavy atom. The highest BCUT2D eigenvalue weighted by molar-refractivity contribution is 5.95. The van der Waals surface area contributed by atoms with Gasteiger partial charge in [-0.2, -0.15) is 0 Å². The molecule has 86 valence electrons. The molecule has 0 saturated heterocycles. The van der Waals surface area contributed by atoms with Crippen molar-refractivity contribution in [3.05, 3.63) is 53.8 Å². The SMILES string of the molecule is C/C=C/C=C/C(=O)n1n[n+]([O-])c2ccccc21. The fraction of sp³-hybridized carbons (Fsp3) is 0.0833. The fourth-order valence-electron chi connectivity index (χ4n) is 1.46. The topological polar surface area (TPSA) is 61.8 Å². The van der Waals surface area contributed by atoms with Crippen LogP contribution in [0.3, 0.4) is 0 Å². The molecule has 1 aromatic carbocycles. The molecular weight excluding hydrogens is 218 g/mol. The first-order valence-electron chi connectivity index (χ1n) is 5.15. The van der Waals surface area contributed by atoms with Crippen LogP contribution in [0.2, 0.25) is 0 Å². The maximum absolute atomic E-state index is 11.8. The monoisotopic (exact) mass is 229 g/mol. The summed E-state index contributed by atoms with van der Waals surface area (Å²) < 4.78 is 1.09. The zero-order valence-electron chi connectivity index (χ0n) is 9.28. The molecule has 17 heavy (non-hydrogen) atoms. The molecule has 0 amide bonds. The van der Waals surface area contributed by atoms with Gasteiger partial charge in [0.25, 0.3) is 0 Å². The highest BCUT2D eigenvalue weighted by atomic mass is 16.5. The lowest BCUT2D eigenvalue weighted by atomic mass is 10.3. The zero-order chi connectivity index (χ0) is 12.3. The predicted molar refractivity (Wildman–Crippen MR) is 63.3 cm³/mol. The van der Waals surface area contributed by atoms with E-state index in [-0.39, 0.29) is 5.91 Å². The summed E-state index contributed by atoms with van der Waals surface area (Å²) in [5, 5.41) is 15.0. The van der Waals surface area contributed by atoms with Crippen molar-refractivity contribution < 1.29 is 9.64 Å². The summed E-state index contributed by atoms with van der Waals surface area (Å²) >= 11 is 0. The number of hydrogen-bond donors (Lipinski definition) is 0. The lowest BCUT2D eigenvalue weighted by Crippen LogP contribution is -2.30. The maximum atomic E-state index is 11.8. The van der Waals surface area contributed by atoms with Crippen LogP contribution in [-0.4, -0.2) is 15.8 Å². The van der Waals surface area contributed by atoms with Crippen LogP contribution in [0, 0.1) is 5.21 Å². The van der Waals surface area contributed by atoms with Crippen molar-refractivity contribution in [3.63, 3.8) is 0 Å². The van der Waals surface area contributed by atoms with Crippen LogP contribution in [0.25, 0.3) is 11.0 Å². The second-order valence-corrected chi connectivity index (χ2v) is 3.39. The Hall–Kier alpha value is -2.43. The summed E-state index contributed by atoms with van der Waals surface area (Å²) in [4.78, 5) is 12.2. The van der Waals surface area contributed by atoms with Gasteiger partial charge in [0.2, 0.25) is 11.0 Å². The van der Waals surface area contributed by atoms with Crippen LogP contribution in [0.4, 0.5) is 0 Å². The number of fused-ring (bicyclic) bond motifs is 1. The van der Waals surface area contributed by atoms with E-state index in [0.29, 0.717) is 15.9 Å². The van der Waals surface area contributed by atoms with Gasteiger partial charge in [-0.15, -0.1) is 4.85 Å². The molecule has 0 unspecified atom stereocenters.